The second kappa shape index (κ2) is 7.86. The van der Waals surface area contributed by atoms with Crippen LogP contribution in [0.25, 0.3) is 0 Å². The molecule has 1 unspecified atom stereocenters. The Labute approximate surface area is 138 Å². The largest absolute Gasteiger partial charge is 0.349 e. The molecule has 1 aromatic carbocycles. The third kappa shape index (κ3) is 4.88. The van der Waals surface area contributed by atoms with Crippen molar-refractivity contribution in [2.45, 2.75) is 52.5 Å². The second-order valence-corrected chi connectivity index (χ2v) is 6.28. The van der Waals surface area contributed by atoms with Gasteiger partial charge in [-0.15, -0.1) is 0 Å². The Morgan fingerprint density at radius 2 is 1.87 bits per heavy atom. The first kappa shape index (κ1) is 17.1. The number of carbonyl (C=O) groups is 1. The number of nitrogens with one attached hydrogen (secondary N) is 1. The molecule has 0 spiro atoms. The predicted molar refractivity (Wildman–Crippen MR) is 92.5 cm³/mol. The van der Waals surface area contributed by atoms with E-state index < -0.39 is 0 Å². The normalized spacial score (nSPS) is 12.2. The molecule has 2 rings (SSSR count). The number of aromatic nitrogens is 2. The van der Waals surface area contributed by atoms with Gasteiger partial charge in [0.05, 0.1) is 11.3 Å². The zero-order valence-corrected chi connectivity index (χ0v) is 14.3. The van der Waals surface area contributed by atoms with Gasteiger partial charge in [-0.05, 0) is 32.3 Å². The lowest BCUT2D eigenvalue weighted by Gasteiger charge is -2.15. The van der Waals surface area contributed by atoms with Gasteiger partial charge in [0.1, 0.15) is 5.82 Å². The van der Waals surface area contributed by atoms with Crippen LogP contribution in [-0.4, -0.2) is 21.9 Å². The average molecular weight is 311 g/mol. The summed E-state index contributed by atoms with van der Waals surface area (Å²) in [5, 5.41) is 3.04. The summed E-state index contributed by atoms with van der Waals surface area (Å²) in [7, 11) is 0. The fourth-order valence-electron chi connectivity index (χ4n) is 2.39. The lowest BCUT2D eigenvalue weighted by atomic mass is 10.1. The summed E-state index contributed by atoms with van der Waals surface area (Å²) in [5.74, 6) is 0.935. The van der Waals surface area contributed by atoms with Crippen LogP contribution < -0.4 is 5.32 Å². The van der Waals surface area contributed by atoms with Crippen molar-refractivity contribution >= 4 is 5.91 Å². The van der Waals surface area contributed by atoms with Gasteiger partial charge in [-0.3, -0.25) is 4.79 Å². The van der Waals surface area contributed by atoms with Crippen LogP contribution in [0.15, 0.2) is 36.5 Å². The topological polar surface area (TPSA) is 54.9 Å². The SMILES string of the molecule is Cc1nc(C(C)C)ncc1C(=O)NC(C)CCc1ccccc1. The number of carbonyl (C=O) groups excluding carboxylic acids is 1. The number of rotatable bonds is 6. The van der Waals surface area contributed by atoms with E-state index in [1.165, 1.54) is 5.56 Å². The van der Waals surface area contributed by atoms with Gasteiger partial charge < -0.3 is 5.32 Å². The zero-order valence-electron chi connectivity index (χ0n) is 14.3. The Balaban J connectivity index is 1.93. The van der Waals surface area contributed by atoms with Crippen molar-refractivity contribution in [3.8, 4) is 0 Å². The molecule has 0 saturated heterocycles. The molecule has 1 N–H and O–H groups in total. The van der Waals surface area contributed by atoms with E-state index in [1.54, 1.807) is 6.20 Å². The highest BCUT2D eigenvalue weighted by molar-refractivity contribution is 5.95. The summed E-state index contributed by atoms with van der Waals surface area (Å²) >= 11 is 0. The summed E-state index contributed by atoms with van der Waals surface area (Å²) in [6.45, 7) is 7.97. The Hall–Kier alpha value is -2.23. The first-order valence-corrected chi connectivity index (χ1v) is 8.15. The van der Waals surface area contributed by atoms with E-state index in [9.17, 15) is 4.79 Å². The van der Waals surface area contributed by atoms with Gasteiger partial charge in [0.2, 0.25) is 0 Å². The highest BCUT2D eigenvalue weighted by Gasteiger charge is 2.15. The molecule has 23 heavy (non-hydrogen) atoms. The van der Waals surface area contributed by atoms with E-state index in [0.717, 1.165) is 24.4 Å². The van der Waals surface area contributed by atoms with Crippen LogP contribution >= 0.6 is 0 Å². The summed E-state index contributed by atoms with van der Waals surface area (Å²) in [4.78, 5) is 21.1. The Morgan fingerprint density at radius 1 is 1.17 bits per heavy atom. The first-order chi connectivity index (χ1) is 11.0. The molecular weight excluding hydrogens is 286 g/mol. The van der Waals surface area contributed by atoms with E-state index in [4.69, 9.17) is 0 Å². The molecule has 1 aromatic heterocycles. The molecule has 1 amide bonds. The Morgan fingerprint density at radius 3 is 2.48 bits per heavy atom. The van der Waals surface area contributed by atoms with E-state index in [2.05, 4.69) is 27.4 Å². The molecule has 1 atom stereocenters. The van der Waals surface area contributed by atoms with Crippen molar-refractivity contribution in [2.75, 3.05) is 0 Å². The van der Waals surface area contributed by atoms with Crippen LogP contribution in [-0.2, 0) is 6.42 Å². The van der Waals surface area contributed by atoms with Crippen molar-refractivity contribution in [2.24, 2.45) is 0 Å². The highest BCUT2D eigenvalue weighted by Crippen LogP contribution is 2.12. The van der Waals surface area contributed by atoms with Gasteiger partial charge in [-0.25, -0.2) is 9.97 Å². The quantitative estimate of drug-likeness (QED) is 0.885. The number of aryl methyl sites for hydroxylation is 2. The molecule has 0 aliphatic rings. The molecular formula is C19H25N3O. The summed E-state index contributed by atoms with van der Waals surface area (Å²) in [6.07, 6.45) is 3.49. The molecule has 0 saturated carbocycles. The van der Waals surface area contributed by atoms with E-state index >= 15 is 0 Å². The Bertz CT molecular complexity index is 653. The maximum atomic E-state index is 12.4. The maximum absolute atomic E-state index is 12.4. The van der Waals surface area contributed by atoms with Crippen LogP contribution in [0.5, 0.6) is 0 Å². The first-order valence-electron chi connectivity index (χ1n) is 8.15. The van der Waals surface area contributed by atoms with Gasteiger partial charge in [0.25, 0.3) is 5.91 Å². The summed E-state index contributed by atoms with van der Waals surface area (Å²) < 4.78 is 0. The molecule has 122 valence electrons. The van der Waals surface area contributed by atoms with Gasteiger partial charge >= 0.3 is 0 Å². The zero-order chi connectivity index (χ0) is 16.8. The lowest BCUT2D eigenvalue weighted by Crippen LogP contribution is -2.33. The third-order valence-electron chi connectivity index (χ3n) is 3.85. The lowest BCUT2D eigenvalue weighted by molar-refractivity contribution is 0.0937. The van der Waals surface area contributed by atoms with Crippen LogP contribution in [0.4, 0.5) is 0 Å². The molecule has 0 aliphatic heterocycles. The van der Waals surface area contributed by atoms with Gasteiger partial charge in [0, 0.05) is 18.2 Å². The van der Waals surface area contributed by atoms with E-state index in [1.807, 2.05) is 45.9 Å². The smallest absolute Gasteiger partial charge is 0.254 e. The molecule has 0 radical (unpaired) electrons. The monoisotopic (exact) mass is 311 g/mol. The molecule has 4 heteroatoms. The van der Waals surface area contributed by atoms with Gasteiger partial charge in [-0.2, -0.15) is 0 Å². The third-order valence-corrected chi connectivity index (χ3v) is 3.85. The fraction of sp³-hybridized carbons (Fsp3) is 0.421. The minimum atomic E-state index is -0.0987. The number of benzene rings is 1. The predicted octanol–water partition coefficient (Wildman–Crippen LogP) is 3.66. The fourth-order valence-corrected chi connectivity index (χ4v) is 2.39. The van der Waals surface area contributed by atoms with Gasteiger partial charge in [0.15, 0.2) is 0 Å². The van der Waals surface area contributed by atoms with Crippen molar-refractivity contribution in [1.82, 2.24) is 15.3 Å². The van der Waals surface area contributed by atoms with Crippen LogP contribution in [0.1, 0.15) is 60.5 Å². The summed E-state index contributed by atoms with van der Waals surface area (Å²) in [5.41, 5.74) is 2.58. The molecule has 0 fully saturated rings. The van der Waals surface area contributed by atoms with Crippen molar-refractivity contribution in [3.05, 3.63) is 59.2 Å². The van der Waals surface area contributed by atoms with E-state index in [0.29, 0.717) is 5.56 Å². The molecule has 0 aliphatic carbocycles. The van der Waals surface area contributed by atoms with Crippen LogP contribution in [0.2, 0.25) is 0 Å². The second-order valence-electron chi connectivity index (χ2n) is 6.28. The van der Waals surface area contributed by atoms with Crippen molar-refractivity contribution in [1.29, 1.82) is 0 Å². The molecule has 1 heterocycles. The number of hydrogen-bond donors (Lipinski definition) is 1. The average Bonchev–Trinajstić information content (AvgIpc) is 2.53. The minimum Gasteiger partial charge on any atom is -0.349 e. The van der Waals surface area contributed by atoms with Crippen LogP contribution in [0.3, 0.4) is 0 Å². The van der Waals surface area contributed by atoms with Crippen molar-refractivity contribution < 1.29 is 4.79 Å². The van der Waals surface area contributed by atoms with Crippen molar-refractivity contribution in [3.63, 3.8) is 0 Å². The molecule has 0 bridgehead atoms. The standard InChI is InChI=1S/C19H25N3O/c1-13(2)18-20-12-17(15(4)22-18)19(23)21-14(3)10-11-16-8-6-5-7-9-16/h5-9,12-14H,10-11H2,1-4H3,(H,21,23). The minimum absolute atomic E-state index is 0.0987. The number of nitrogens with zero attached hydrogens (tertiary/aromatic N) is 2. The van der Waals surface area contributed by atoms with Gasteiger partial charge in [-0.1, -0.05) is 44.2 Å². The summed E-state index contributed by atoms with van der Waals surface area (Å²) in [6, 6.07) is 10.4. The van der Waals surface area contributed by atoms with Crippen LogP contribution in [0, 0.1) is 6.92 Å². The Kier molecular flexibility index (Phi) is 5.85. The molecule has 4 nitrogen and oxygen atoms in total. The number of hydrogen-bond acceptors (Lipinski definition) is 3. The maximum Gasteiger partial charge on any atom is 0.254 e. The van der Waals surface area contributed by atoms with E-state index in [-0.39, 0.29) is 17.9 Å². The number of amides is 1. The molecule has 2 aromatic rings. The highest BCUT2D eigenvalue weighted by atomic mass is 16.1.